The molecule has 1 unspecified atom stereocenters. The summed E-state index contributed by atoms with van der Waals surface area (Å²) >= 11 is 0. The van der Waals surface area contributed by atoms with E-state index in [1.165, 1.54) is 0 Å². The van der Waals surface area contributed by atoms with Gasteiger partial charge >= 0.3 is 0 Å². The van der Waals surface area contributed by atoms with Crippen LogP contribution in [0.4, 0.5) is 5.69 Å². The normalized spacial score (nSPS) is 13.0. The third-order valence-corrected chi connectivity index (χ3v) is 3.39. The molecule has 0 aromatic heterocycles. The maximum absolute atomic E-state index is 10.1. The molecule has 2 aromatic carbocycles. The zero-order valence-electron chi connectivity index (χ0n) is 13.3. The number of aliphatic hydroxyl groups is 1. The Labute approximate surface area is 131 Å². The maximum atomic E-state index is 10.1. The van der Waals surface area contributed by atoms with Crippen LogP contribution in [0.25, 0.3) is 0 Å². The van der Waals surface area contributed by atoms with Crippen LogP contribution >= 0.6 is 0 Å². The number of aliphatic hydroxyl groups excluding tert-OH is 1. The molecule has 0 heterocycles. The van der Waals surface area contributed by atoms with Crippen molar-refractivity contribution in [2.75, 3.05) is 11.9 Å². The smallest absolute Gasteiger partial charge is 0.193 e. The minimum absolute atomic E-state index is 0.229. The molecule has 116 valence electrons. The molecular formula is C18H23N3O. The standard InChI is InChI=1S/C18H23N3O/c1-12-4-6-15(7-5-12)17(22)11-20-18(19)21-16-9-13(2)8-14(3)10-16/h4-10,17,22H,11H2,1-3H3,(H3,19,20,21). The van der Waals surface area contributed by atoms with Gasteiger partial charge in [-0.2, -0.15) is 0 Å². The molecule has 4 heteroatoms. The van der Waals surface area contributed by atoms with Crippen LogP contribution in [-0.2, 0) is 0 Å². The number of nitrogens with one attached hydrogen (secondary N) is 1. The molecule has 22 heavy (non-hydrogen) atoms. The lowest BCUT2D eigenvalue weighted by molar-refractivity contribution is 0.187. The number of nitrogens with zero attached hydrogens (tertiary/aromatic N) is 1. The fourth-order valence-electron chi connectivity index (χ4n) is 2.31. The first-order chi connectivity index (χ1) is 10.4. The van der Waals surface area contributed by atoms with Gasteiger partial charge in [-0.25, -0.2) is 0 Å². The molecule has 0 fully saturated rings. The number of aliphatic imine (C=N–C) groups is 1. The molecule has 0 amide bonds. The summed E-state index contributed by atoms with van der Waals surface area (Å²) in [7, 11) is 0. The van der Waals surface area contributed by atoms with Crippen molar-refractivity contribution in [3.8, 4) is 0 Å². The van der Waals surface area contributed by atoms with Gasteiger partial charge in [-0.05, 0) is 49.6 Å². The first kappa shape index (κ1) is 16.0. The molecule has 0 aliphatic carbocycles. The summed E-state index contributed by atoms with van der Waals surface area (Å²) in [5.74, 6) is 0.302. The Kier molecular flexibility index (Phi) is 5.17. The fourth-order valence-corrected chi connectivity index (χ4v) is 2.31. The highest BCUT2D eigenvalue weighted by molar-refractivity contribution is 5.92. The Balaban J connectivity index is 1.98. The highest BCUT2D eigenvalue weighted by Gasteiger charge is 2.06. The molecule has 1 atom stereocenters. The van der Waals surface area contributed by atoms with E-state index in [-0.39, 0.29) is 6.54 Å². The molecule has 0 aliphatic heterocycles. The molecule has 0 aliphatic rings. The number of rotatable bonds is 4. The van der Waals surface area contributed by atoms with E-state index >= 15 is 0 Å². The fraction of sp³-hybridized carbons (Fsp3) is 0.278. The minimum atomic E-state index is -0.653. The van der Waals surface area contributed by atoms with E-state index in [2.05, 4.69) is 16.4 Å². The molecule has 0 saturated heterocycles. The number of hydrogen-bond donors (Lipinski definition) is 3. The first-order valence-corrected chi connectivity index (χ1v) is 7.34. The monoisotopic (exact) mass is 297 g/mol. The van der Waals surface area contributed by atoms with Gasteiger partial charge in [0.15, 0.2) is 5.96 Å². The quantitative estimate of drug-likeness (QED) is 0.600. The van der Waals surface area contributed by atoms with E-state index in [1.807, 2.05) is 57.2 Å². The van der Waals surface area contributed by atoms with Crippen LogP contribution in [0.2, 0.25) is 0 Å². The van der Waals surface area contributed by atoms with Gasteiger partial charge in [-0.15, -0.1) is 0 Å². The second-order valence-corrected chi connectivity index (χ2v) is 5.65. The number of aryl methyl sites for hydroxylation is 3. The number of guanidine groups is 1. The van der Waals surface area contributed by atoms with Crippen LogP contribution in [0, 0.1) is 20.8 Å². The van der Waals surface area contributed by atoms with Gasteiger partial charge in [0.25, 0.3) is 0 Å². The first-order valence-electron chi connectivity index (χ1n) is 7.34. The van der Waals surface area contributed by atoms with Crippen LogP contribution in [0.15, 0.2) is 47.5 Å². The van der Waals surface area contributed by atoms with Crippen LogP contribution in [0.3, 0.4) is 0 Å². The van der Waals surface area contributed by atoms with E-state index in [4.69, 9.17) is 5.73 Å². The number of benzene rings is 2. The van der Waals surface area contributed by atoms with E-state index in [1.54, 1.807) is 0 Å². The summed E-state index contributed by atoms with van der Waals surface area (Å²) in [6, 6.07) is 13.9. The van der Waals surface area contributed by atoms with Crippen LogP contribution in [0.5, 0.6) is 0 Å². The van der Waals surface area contributed by atoms with Gasteiger partial charge in [-0.3, -0.25) is 4.99 Å². The third kappa shape index (κ3) is 4.60. The lowest BCUT2D eigenvalue weighted by Gasteiger charge is -2.11. The highest BCUT2D eigenvalue weighted by atomic mass is 16.3. The zero-order chi connectivity index (χ0) is 16.1. The summed E-state index contributed by atoms with van der Waals surface area (Å²) in [5.41, 5.74) is 11.1. The van der Waals surface area contributed by atoms with Crippen molar-refractivity contribution in [2.24, 2.45) is 10.7 Å². The molecule has 0 saturated carbocycles. The van der Waals surface area contributed by atoms with Gasteiger partial charge in [0.2, 0.25) is 0 Å². The predicted molar refractivity (Wildman–Crippen MR) is 92.2 cm³/mol. The van der Waals surface area contributed by atoms with Gasteiger partial charge in [0.05, 0.1) is 12.6 Å². The number of anilines is 1. The lowest BCUT2D eigenvalue weighted by Crippen LogP contribution is -2.23. The molecule has 2 rings (SSSR count). The molecule has 0 spiro atoms. The zero-order valence-corrected chi connectivity index (χ0v) is 13.3. The molecule has 0 radical (unpaired) electrons. The topological polar surface area (TPSA) is 70.6 Å². The van der Waals surface area contributed by atoms with E-state index < -0.39 is 6.10 Å². The average molecular weight is 297 g/mol. The molecule has 2 aromatic rings. The average Bonchev–Trinajstić information content (AvgIpc) is 2.44. The Morgan fingerprint density at radius 1 is 1.05 bits per heavy atom. The van der Waals surface area contributed by atoms with Crippen molar-refractivity contribution in [3.63, 3.8) is 0 Å². The summed E-state index contributed by atoms with van der Waals surface area (Å²) < 4.78 is 0. The largest absolute Gasteiger partial charge is 0.386 e. The van der Waals surface area contributed by atoms with Crippen molar-refractivity contribution in [1.29, 1.82) is 0 Å². The Morgan fingerprint density at radius 3 is 2.23 bits per heavy atom. The number of nitrogens with two attached hydrogens (primary N) is 1. The molecule has 0 bridgehead atoms. The van der Waals surface area contributed by atoms with Gasteiger partial charge in [0, 0.05) is 5.69 Å². The summed E-state index contributed by atoms with van der Waals surface area (Å²) in [5, 5.41) is 13.2. The molecule has 4 nitrogen and oxygen atoms in total. The van der Waals surface area contributed by atoms with Crippen molar-refractivity contribution >= 4 is 11.6 Å². The van der Waals surface area contributed by atoms with Crippen molar-refractivity contribution in [2.45, 2.75) is 26.9 Å². The second kappa shape index (κ2) is 7.09. The number of hydrogen-bond acceptors (Lipinski definition) is 2. The highest BCUT2D eigenvalue weighted by Crippen LogP contribution is 2.15. The van der Waals surface area contributed by atoms with Crippen molar-refractivity contribution in [3.05, 3.63) is 64.7 Å². The lowest BCUT2D eigenvalue weighted by atomic mass is 10.1. The van der Waals surface area contributed by atoms with Gasteiger partial charge in [0.1, 0.15) is 0 Å². The second-order valence-electron chi connectivity index (χ2n) is 5.65. The summed E-state index contributed by atoms with van der Waals surface area (Å²) in [6.07, 6.45) is -0.653. The van der Waals surface area contributed by atoms with Crippen LogP contribution in [0.1, 0.15) is 28.4 Å². The minimum Gasteiger partial charge on any atom is -0.386 e. The van der Waals surface area contributed by atoms with Crippen molar-refractivity contribution < 1.29 is 5.11 Å². The predicted octanol–water partition coefficient (Wildman–Crippen LogP) is 3.07. The van der Waals surface area contributed by atoms with Crippen molar-refractivity contribution in [1.82, 2.24) is 0 Å². The summed E-state index contributed by atoms with van der Waals surface area (Å²) in [4.78, 5) is 4.21. The summed E-state index contributed by atoms with van der Waals surface area (Å²) in [6.45, 7) is 6.31. The maximum Gasteiger partial charge on any atom is 0.193 e. The Morgan fingerprint density at radius 2 is 1.64 bits per heavy atom. The van der Waals surface area contributed by atoms with Gasteiger partial charge < -0.3 is 16.2 Å². The van der Waals surface area contributed by atoms with Crippen LogP contribution < -0.4 is 11.1 Å². The molecular weight excluding hydrogens is 274 g/mol. The third-order valence-electron chi connectivity index (χ3n) is 3.39. The molecule has 4 N–H and O–H groups in total. The van der Waals surface area contributed by atoms with E-state index in [0.717, 1.165) is 27.9 Å². The van der Waals surface area contributed by atoms with Crippen LogP contribution in [-0.4, -0.2) is 17.6 Å². The Hall–Kier alpha value is -2.33. The van der Waals surface area contributed by atoms with E-state index in [0.29, 0.717) is 5.96 Å². The SMILES string of the molecule is Cc1ccc(C(O)CN=C(N)Nc2cc(C)cc(C)c2)cc1. The van der Waals surface area contributed by atoms with E-state index in [9.17, 15) is 5.11 Å². The van der Waals surface area contributed by atoms with Gasteiger partial charge in [-0.1, -0.05) is 35.9 Å². The Bertz CT molecular complexity index is 642.